The Morgan fingerprint density at radius 1 is 1.14 bits per heavy atom. The summed E-state index contributed by atoms with van der Waals surface area (Å²) >= 11 is 5.15. The lowest BCUT2D eigenvalue weighted by Crippen LogP contribution is -2.23. The lowest BCUT2D eigenvalue weighted by atomic mass is 10.1. The monoisotopic (exact) mass is 299 g/mol. The molecular weight excluding hydrogens is 282 g/mol. The molecule has 21 heavy (non-hydrogen) atoms. The molecule has 2 rings (SSSR count). The Hall–Kier alpha value is -2.40. The lowest BCUT2D eigenvalue weighted by Gasteiger charge is -2.07. The van der Waals surface area contributed by atoms with E-state index in [9.17, 15) is 5.11 Å². The van der Waals surface area contributed by atoms with E-state index in [1.165, 1.54) is 0 Å². The average Bonchev–Trinajstić information content (AvgIpc) is 2.45. The first-order chi connectivity index (χ1) is 10.1. The first-order valence-corrected chi connectivity index (χ1v) is 6.92. The summed E-state index contributed by atoms with van der Waals surface area (Å²) in [5.41, 5.74) is 6.21. The van der Waals surface area contributed by atoms with Crippen LogP contribution in [0.3, 0.4) is 0 Å². The molecule has 0 bridgehead atoms. The normalized spacial score (nSPS) is 10.6. The van der Waals surface area contributed by atoms with E-state index in [4.69, 9.17) is 12.2 Å². The number of nitrogens with one attached hydrogen (secondary N) is 2. The number of rotatable bonds is 3. The topological polar surface area (TPSA) is 56.7 Å². The molecule has 0 fully saturated rings. The Morgan fingerprint density at radius 3 is 2.38 bits per heavy atom. The summed E-state index contributed by atoms with van der Waals surface area (Å²) < 4.78 is 0. The Kier molecular flexibility index (Phi) is 4.90. The number of aromatic hydroxyl groups is 1. The zero-order valence-electron chi connectivity index (χ0n) is 11.9. The molecule has 0 aliphatic rings. The van der Waals surface area contributed by atoms with Crippen LogP contribution < -0.4 is 10.7 Å². The summed E-state index contributed by atoms with van der Waals surface area (Å²) in [5.74, 6) is 0.321. The number of para-hydroxylation sites is 1. The minimum Gasteiger partial charge on any atom is -0.507 e. The third-order valence-corrected chi connectivity index (χ3v) is 3.12. The van der Waals surface area contributed by atoms with Crippen molar-refractivity contribution in [2.75, 3.05) is 5.32 Å². The van der Waals surface area contributed by atoms with Gasteiger partial charge in [-0.3, -0.25) is 5.43 Å². The van der Waals surface area contributed by atoms with Crippen molar-refractivity contribution in [1.82, 2.24) is 5.43 Å². The predicted molar refractivity (Wildman–Crippen MR) is 91.0 cm³/mol. The van der Waals surface area contributed by atoms with Crippen molar-refractivity contribution in [1.29, 1.82) is 0 Å². The van der Waals surface area contributed by atoms with Crippen LogP contribution in [-0.4, -0.2) is 16.4 Å². The van der Waals surface area contributed by atoms with Crippen LogP contribution in [0.15, 0.2) is 47.6 Å². The molecule has 0 atom stereocenters. The minimum absolute atomic E-state index is 0.321. The van der Waals surface area contributed by atoms with E-state index in [1.54, 1.807) is 6.21 Å². The molecule has 0 heterocycles. The number of phenolic OH excluding ortho intramolecular Hbond substituents is 1. The van der Waals surface area contributed by atoms with Gasteiger partial charge in [0.15, 0.2) is 5.11 Å². The van der Waals surface area contributed by atoms with Crippen molar-refractivity contribution in [3.05, 3.63) is 59.2 Å². The second-order valence-electron chi connectivity index (χ2n) is 4.69. The molecule has 0 aromatic heterocycles. The molecule has 0 unspecified atom stereocenters. The predicted octanol–water partition coefficient (Wildman–Crippen LogP) is 3.33. The Bertz CT molecular complexity index is 645. The van der Waals surface area contributed by atoms with Crippen LogP contribution in [0.5, 0.6) is 5.75 Å². The van der Waals surface area contributed by atoms with E-state index < -0.39 is 0 Å². The summed E-state index contributed by atoms with van der Waals surface area (Å²) in [5, 5.41) is 17.3. The summed E-state index contributed by atoms with van der Waals surface area (Å²) in [4.78, 5) is 0. The molecule has 0 spiro atoms. The van der Waals surface area contributed by atoms with Crippen LogP contribution in [0.25, 0.3) is 0 Å². The number of phenols is 1. The highest BCUT2D eigenvalue weighted by Crippen LogP contribution is 2.21. The number of benzene rings is 2. The zero-order chi connectivity index (χ0) is 15.2. The van der Waals surface area contributed by atoms with Gasteiger partial charge in [0, 0.05) is 5.69 Å². The molecule has 0 saturated carbocycles. The molecule has 2 aromatic rings. The van der Waals surface area contributed by atoms with E-state index in [0.717, 1.165) is 22.4 Å². The van der Waals surface area contributed by atoms with E-state index in [1.807, 2.05) is 56.3 Å². The van der Waals surface area contributed by atoms with Gasteiger partial charge in [-0.2, -0.15) is 5.10 Å². The second-order valence-corrected chi connectivity index (χ2v) is 5.10. The number of hydrazone groups is 1. The Labute approximate surface area is 129 Å². The number of anilines is 1. The van der Waals surface area contributed by atoms with Gasteiger partial charge in [-0.05, 0) is 67.0 Å². The van der Waals surface area contributed by atoms with Crippen molar-refractivity contribution in [2.45, 2.75) is 13.8 Å². The van der Waals surface area contributed by atoms with Crippen LogP contribution in [-0.2, 0) is 0 Å². The third kappa shape index (κ3) is 4.29. The number of nitrogens with zero attached hydrogens (tertiary/aromatic N) is 1. The van der Waals surface area contributed by atoms with Gasteiger partial charge in [-0.1, -0.05) is 18.2 Å². The van der Waals surface area contributed by atoms with Crippen molar-refractivity contribution < 1.29 is 5.11 Å². The maximum absolute atomic E-state index is 9.72. The van der Waals surface area contributed by atoms with Gasteiger partial charge >= 0.3 is 0 Å². The molecule has 0 amide bonds. The minimum atomic E-state index is 0.321. The van der Waals surface area contributed by atoms with Crippen LogP contribution in [0, 0.1) is 13.8 Å². The van der Waals surface area contributed by atoms with E-state index in [-0.39, 0.29) is 0 Å². The molecule has 0 saturated heterocycles. The van der Waals surface area contributed by atoms with Crippen molar-refractivity contribution in [3.8, 4) is 5.75 Å². The van der Waals surface area contributed by atoms with Gasteiger partial charge in [0.2, 0.25) is 0 Å². The molecule has 0 aliphatic carbocycles. The number of thiocarbonyl (C=S) groups is 1. The van der Waals surface area contributed by atoms with Gasteiger partial charge in [-0.15, -0.1) is 0 Å². The van der Waals surface area contributed by atoms with Crippen molar-refractivity contribution >= 4 is 29.2 Å². The zero-order valence-corrected chi connectivity index (χ0v) is 12.7. The summed E-state index contributed by atoms with van der Waals surface area (Å²) in [7, 11) is 0. The number of hydrogen-bond donors (Lipinski definition) is 3. The molecule has 5 heteroatoms. The highest BCUT2D eigenvalue weighted by atomic mass is 32.1. The van der Waals surface area contributed by atoms with Crippen LogP contribution >= 0.6 is 12.2 Å². The SMILES string of the molecule is Cc1cc(C=NNC(=S)Nc2ccccc2)cc(C)c1O. The van der Waals surface area contributed by atoms with Crippen LogP contribution in [0.1, 0.15) is 16.7 Å². The molecule has 0 aliphatic heterocycles. The molecule has 108 valence electrons. The number of hydrogen-bond acceptors (Lipinski definition) is 3. The van der Waals surface area contributed by atoms with Gasteiger partial charge in [0.05, 0.1) is 6.21 Å². The van der Waals surface area contributed by atoms with Crippen LogP contribution in [0.2, 0.25) is 0 Å². The van der Waals surface area contributed by atoms with Gasteiger partial charge in [0.25, 0.3) is 0 Å². The fourth-order valence-electron chi connectivity index (χ4n) is 1.91. The average molecular weight is 299 g/mol. The fourth-order valence-corrected chi connectivity index (χ4v) is 2.08. The maximum Gasteiger partial charge on any atom is 0.191 e. The maximum atomic E-state index is 9.72. The van der Waals surface area contributed by atoms with Gasteiger partial charge in [-0.25, -0.2) is 0 Å². The van der Waals surface area contributed by atoms with Gasteiger partial charge in [0.1, 0.15) is 5.75 Å². The Balaban J connectivity index is 1.95. The quantitative estimate of drug-likeness (QED) is 0.462. The highest BCUT2D eigenvalue weighted by molar-refractivity contribution is 7.80. The number of aryl methyl sites for hydroxylation is 2. The molecular formula is C16H17N3OS. The van der Waals surface area contributed by atoms with E-state index in [2.05, 4.69) is 15.8 Å². The van der Waals surface area contributed by atoms with Crippen molar-refractivity contribution in [2.24, 2.45) is 5.10 Å². The van der Waals surface area contributed by atoms with Crippen LogP contribution in [0.4, 0.5) is 5.69 Å². The molecule has 2 aromatic carbocycles. The first kappa shape index (κ1) is 15.0. The van der Waals surface area contributed by atoms with Crippen molar-refractivity contribution in [3.63, 3.8) is 0 Å². The summed E-state index contributed by atoms with van der Waals surface area (Å²) in [6, 6.07) is 13.4. The summed E-state index contributed by atoms with van der Waals surface area (Å²) in [6.07, 6.45) is 1.67. The first-order valence-electron chi connectivity index (χ1n) is 6.51. The molecule has 3 N–H and O–H groups in total. The lowest BCUT2D eigenvalue weighted by molar-refractivity contribution is 0.467. The highest BCUT2D eigenvalue weighted by Gasteiger charge is 2.01. The van der Waals surface area contributed by atoms with E-state index in [0.29, 0.717) is 10.9 Å². The fraction of sp³-hybridized carbons (Fsp3) is 0.125. The van der Waals surface area contributed by atoms with E-state index >= 15 is 0 Å². The van der Waals surface area contributed by atoms with Gasteiger partial charge < -0.3 is 10.4 Å². The smallest absolute Gasteiger partial charge is 0.191 e. The molecule has 0 radical (unpaired) electrons. The standard InChI is InChI=1S/C16H17N3OS/c1-11-8-13(9-12(2)15(11)20)10-17-19-16(21)18-14-6-4-3-5-7-14/h3-10,20H,1-2H3,(H2,18,19,21). The summed E-state index contributed by atoms with van der Waals surface area (Å²) in [6.45, 7) is 3.71. The molecule has 4 nitrogen and oxygen atoms in total. The second kappa shape index (κ2) is 6.85. The third-order valence-electron chi connectivity index (χ3n) is 2.92. The largest absolute Gasteiger partial charge is 0.507 e. The Morgan fingerprint density at radius 2 is 1.76 bits per heavy atom.